The Morgan fingerprint density at radius 2 is 1.50 bits per heavy atom. The van der Waals surface area contributed by atoms with Crippen LogP contribution in [0.2, 0.25) is 0 Å². The Bertz CT molecular complexity index is 1440. The van der Waals surface area contributed by atoms with Crippen molar-refractivity contribution in [3.05, 3.63) is 76.9 Å². The Balaban J connectivity index is 1.49. The molecule has 38 heavy (non-hydrogen) atoms. The minimum atomic E-state index is -1.40. The number of alkyl carbamates (subject to hydrolysis) is 1. The molecule has 0 fully saturated rings. The van der Waals surface area contributed by atoms with E-state index in [2.05, 4.69) is 10.6 Å². The van der Waals surface area contributed by atoms with E-state index < -0.39 is 35.2 Å². The van der Waals surface area contributed by atoms with Crippen molar-refractivity contribution in [1.82, 2.24) is 5.32 Å². The number of nitrogens with one attached hydrogen (secondary N) is 2. The highest BCUT2D eigenvalue weighted by Crippen LogP contribution is 2.57. The van der Waals surface area contributed by atoms with Crippen LogP contribution >= 0.6 is 0 Å². The largest absolute Gasteiger partial charge is 0.508 e. The number of amides is 2. The zero-order valence-electron chi connectivity index (χ0n) is 21.1. The average Bonchev–Trinajstić information content (AvgIpc) is 3.09. The number of benzene rings is 3. The second-order valence-electron chi connectivity index (χ2n) is 10.2. The summed E-state index contributed by atoms with van der Waals surface area (Å²) < 4.78 is 17.1. The van der Waals surface area contributed by atoms with Gasteiger partial charge in [-0.1, -0.05) is 6.07 Å². The van der Waals surface area contributed by atoms with Gasteiger partial charge in [-0.2, -0.15) is 0 Å². The standard InChI is InChI=1S/C28H26N2O8/c1-14(29-26(35)38-27(2,3)4)24(33)30-15-5-8-19-18(11-15)25(34)37-28(19)20-9-6-16(31)12-22(20)36-23-13-17(32)7-10-21(23)28/h5-14,31-32H,1-4H3,(H,29,35)(H,30,33). The molecule has 1 spiro atoms. The molecule has 196 valence electrons. The van der Waals surface area contributed by atoms with Crippen LogP contribution in [0.4, 0.5) is 10.5 Å². The van der Waals surface area contributed by atoms with E-state index in [-0.39, 0.29) is 28.6 Å². The van der Waals surface area contributed by atoms with Crippen molar-refractivity contribution in [2.75, 3.05) is 5.32 Å². The predicted molar refractivity (Wildman–Crippen MR) is 135 cm³/mol. The minimum Gasteiger partial charge on any atom is -0.508 e. The summed E-state index contributed by atoms with van der Waals surface area (Å²) in [5, 5.41) is 25.2. The highest BCUT2D eigenvalue weighted by atomic mass is 16.6. The molecule has 0 radical (unpaired) electrons. The van der Waals surface area contributed by atoms with Gasteiger partial charge < -0.3 is 35.1 Å². The number of hydrogen-bond donors (Lipinski definition) is 4. The number of phenolic OH excluding ortho intramolecular Hbond substituents is 2. The number of phenols is 2. The Labute approximate surface area is 218 Å². The van der Waals surface area contributed by atoms with Crippen molar-refractivity contribution in [3.63, 3.8) is 0 Å². The average molecular weight is 519 g/mol. The molecule has 2 aliphatic heterocycles. The quantitative estimate of drug-likeness (QED) is 0.371. The SMILES string of the molecule is CC(NC(=O)OC(C)(C)C)C(=O)Nc1ccc2c(c1)C(=O)OC21c2ccc(O)cc2Oc2cc(O)ccc21. The summed E-state index contributed by atoms with van der Waals surface area (Å²) in [4.78, 5) is 37.9. The number of aromatic hydroxyl groups is 2. The minimum absolute atomic E-state index is 0.0424. The number of hydrogen-bond acceptors (Lipinski definition) is 8. The Morgan fingerprint density at radius 3 is 2.08 bits per heavy atom. The van der Waals surface area contributed by atoms with Crippen LogP contribution in [0, 0.1) is 0 Å². The summed E-state index contributed by atoms with van der Waals surface area (Å²) in [6.45, 7) is 6.66. The van der Waals surface area contributed by atoms with E-state index in [1.165, 1.54) is 37.3 Å². The first kappa shape index (κ1) is 24.9. The van der Waals surface area contributed by atoms with Gasteiger partial charge >= 0.3 is 12.1 Å². The lowest BCUT2D eigenvalue weighted by Gasteiger charge is -2.36. The lowest BCUT2D eigenvalue weighted by atomic mass is 9.77. The number of fused-ring (bicyclic) bond motifs is 6. The van der Waals surface area contributed by atoms with E-state index in [1.807, 2.05) is 0 Å². The number of ether oxygens (including phenoxy) is 3. The van der Waals surface area contributed by atoms with Gasteiger partial charge in [-0.05, 0) is 64.1 Å². The van der Waals surface area contributed by atoms with Crippen LogP contribution in [0.15, 0.2) is 54.6 Å². The molecule has 10 nitrogen and oxygen atoms in total. The first-order chi connectivity index (χ1) is 17.9. The summed E-state index contributed by atoms with van der Waals surface area (Å²) >= 11 is 0. The highest BCUT2D eigenvalue weighted by molar-refractivity contribution is 6.01. The fourth-order valence-electron chi connectivity index (χ4n) is 4.58. The molecular formula is C28H26N2O8. The van der Waals surface area contributed by atoms with Gasteiger partial charge in [0.1, 0.15) is 34.6 Å². The second-order valence-corrected chi connectivity index (χ2v) is 10.2. The molecule has 1 atom stereocenters. The maximum absolute atomic E-state index is 13.2. The van der Waals surface area contributed by atoms with E-state index in [0.29, 0.717) is 22.4 Å². The summed E-state index contributed by atoms with van der Waals surface area (Å²) in [5.74, 6) is -0.689. The van der Waals surface area contributed by atoms with E-state index in [9.17, 15) is 24.6 Å². The summed E-state index contributed by atoms with van der Waals surface area (Å²) in [6.07, 6.45) is -0.728. The third-order valence-electron chi connectivity index (χ3n) is 6.17. The molecule has 2 amide bonds. The lowest BCUT2D eigenvalue weighted by Crippen LogP contribution is -2.44. The molecule has 5 rings (SSSR count). The number of anilines is 1. The van der Waals surface area contributed by atoms with Crippen molar-refractivity contribution in [1.29, 1.82) is 0 Å². The zero-order chi connectivity index (χ0) is 27.4. The monoisotopic (exact) mass is 518 g/mol. The zero-order valence-corrected chi connectivity index (χ0v) is 21.1. The Kier molecular flexibility index (Phi) is 5.70. The van der Waals surface area contributed by atoms with Gasteiger partial charge in [0.05, 0.1) is 5.56 Å². The predicted octanol–water partition coefficient (Wildman–Crippen LogP) is 4.52. The summed E-state index contributed by atoms with van der Waals surface area (Å²) in [7, 11) is 0. The molecule has 0 aliphatic carbocycles. The van der Waals surface area contributed by atoms with Gasteiger partial charge in [0.15, 0.2) is 5.60 Å². The molecule has 2 heterocycles. The molecule has 4 N–H and O–H groups in total. The molecule has 3 aromatic carbocycles. The first-order valence-electron chi connectivity index (χ1n) is 11.9. The molecule has 0 saturated heterocycles. The van der Waals surface area contributed by atoms with Gasteiger partial charge in [0.2, 0.25) is 5.91 Å². The normalized spacial score (nSPS) is 15.3. The van der Waals surface area contributed by atoms with Crippen LogP contribution in [0.25, 0.3) is 0 Å². The van der Waals surface area contributed by atoms with Crippen molar-refractivity contribution < 1.29 is 38.8 Å². The molecule has 1 unspecified atom stereocenters. The van der Waals surface area contributed by atoms with E-state index in [1.54, 1.807) is 45.0 Å². The van der Waals surface area contributed by atoms with Crippen molar-refractivity contribution >= 4 is 23.7 Å². The van der Waals surface area contributed by atoms with Crippen LogP contribution < -0.4 is 15.4 Å². The first-order valence-corrected chi connectivity index (χ1v) is 11.9. The third-order valence-corrected chi connectivity index (χ3v) is 6.17. The van der Waals surface area contributed by atoms with Crippen LogP contribution in [0.1, 0.15) is 54.7 Å². The molecule has 10 heteroatoms. The molecule has 0 bridgehead atoms. The maximum Gasteiger partial charge on any atom is 0.408 e. The Hall–Kier alpha value is -4.73. The van der Waals surface area contributed by atoms with Crippen LogP contribution in [0.5, 0.6) is 23.0 Å². The van der Waals surface area contributed by atoms with Crippen LogP contribution in [0.3, 0.4) is 0 Å². The summed E-state index contributed by atoms with van der Waals surface area (Å²) in [5.41, 5.74) is -0.0805. The van der Waals surface area contributed by atoms with E-state index >= 15 is 0 Å². The number of rotatable bonds is 3. The number of esters is 1. The van der Waals surface area contributed by atoms with Crippen molar-refractivity contribution in [2.45, 2.75) is 44.9 Å². The second kappa shape index (κ2) is 8.69. The van der Waals surface area contributed by atoms with E-state index in [4.69, 9.17) is 14.2 Å². The molecule has 0 aromatic heterocycles. The molecular weight excluding hydrogens is 492 g/mol. The van der Waals surface area contributed by atoms with Crippen LogP contribution in [-0.4, -0.2) is 39.8 Å². The maximum atomic E-state index is 13.2. The molecule has 0 saturated carbocycles. The van der Waals surface area contributed by atoms with Gasteiger partial charge in [-0.3, -0.25) is 4.79 Å². The van der Waals surface area contributed by atoms with Gasteiger partial charge in [0.25, 0.3) is 0 Å². The third kappa shape index (κ3) is 4.23. The molecule has 3 aromatic rings. The number of carbonyl (C=O) groups excluding carboxylic acids is 3. The van der Waals surface area contributed by atoms with Crippen molar-refractivity contribution in [3.8, 4) is 23.0 Å². The van der Waals surface area contributed by atoms with Gasteiger partial charge in [-0.15, -0.1) is 0 Å². The smallest absolute Gasteiger partial charge is 0.408 e. The van der Waals surface area contributed by atoms with Gasteiger partial charge in [0, 0.05) is 34.5 Å². The van der Waals surface area contributed by atoms with E-state index in [0.717, 1.165) is 0 Å². The highest BCUT2D eigenvalue weighted by Gasteiger charge is 2.53. The Morgan fingerprint density at radius 1 is 0.921 bits per heavy atom. The number of carbonyl (C=O) groups is 3. The summed E-state index contributed by atoms with van der Waals surface area (Å²) in [6, 6.07) is 12.9. The van der Waals surface area contributed by atoms with Gasteiger partial charge in [-0.25, -0.2) is 9.59 Å². The fourth-order valence-corrected chi connectivity index (χ4v) is 4.58. The lowest BCUT2D eigenvalue weighted by molar-refractivity contribution is -0.117. The van der Waals surface area contributed by atoms with Crippen LogP contribution in [-0.2, 0) is 19.9 Å². The fraction of sp³-hybridized carbons (Fsp3) is 0.250. The molecule has 2 aliphatic rings. The van der Waals surface area contributed by atoms with Crippen molar-refractivity contribution in [2.24, 2.45) is 0 Å². The topological polar surface area (TPSA) is 143 Å².